The Kier molecular flexibility index (Phi) is 2.14. The summed E-state index contributed by atoms with van der Waals surface area (Å²) in [6.45, 7) is 3.15. The number of hydrogen-bond acceptors (Lipinski definition) is 0. The Morgan fingerprint density at radius 2 is 1.64 bits per heavy atom. The molecule has 0 atom stereocenters. The van der Waals surface area contributed by atoms with Crippen molar-refractivity contribution in [1.82, 2.24) is 0 Å². The van der Waals surface area contributed by atoms with Gasteiger partial charge in [-0.1, -0.05) is 11.6 Å². The first-order chi connectivity index (χ1) is 5.04. The van der Waals surface area contributed by atoms with E-state index >= 15 is 0 Å². The molecule has 1 rings (SSSR count). The molecule has 0 amide bonds. The predicted octanol–water partition coefficient (Wildman–Crippen LogP) is 3.24. The van der Waals surface area contributed by atoms with Gasteiger partial charge in [0, 0.05) is 6.07 Å². The van der Waals surface area contributed by atoms with Crippen molar-refractivity contribution in [2.75, 3.05) is 0 Å². The van der Waals surface area contributed by atoms with Gasteiger partial charge in [-0.2, -0.15) is 0 Å². The second-order valence-electron chi connectivity index (χ2n) is 2.40. The molecule has 60 valence electrons. The van der Waals surface area contributed by atoms with E-state index in [9.17, 15) is 8.78 Å². The third-order valence-electron chi connectivity index (χ3n) is 1.71. The van der Waals surface area contributed by atoms with Crippen LogP contribution in [0, 0.1) is 25.5 Å². The van der Waals surface area contributed by atoms with Gasteiger partial charge in [0.2, 0.25) is 0 Å². The summed E-state index contributed by atoms with van der Waals surface area (Å²) >= 11 is 5.51. The van der Waals surface area contributed by atoms with Gasteiger partial charge in [0.05, 0.1) is 5.02 Å². The highest BCUT2D eigenvalue weighted by Gasteiger charge is 2.09. The van der Waals surface area contributed by atoms with Gasteiger partial charge in [0.15, 0.2) is 0 Å². The van der Waals surface area contributed by atoms with E-state index in [0.717, 1.165) is 6.07 Å². The van der Waals surface area contributed by atoms with E-state index in [0.29, 0.717) is 11.1 Å². The van der Waals surface area contributed by atoms with E-state index in [1.54, 1.807) is 13.8 Å². The molecule has 0 bridgehead atoms. The van der Waals surface area contributed by atoms with Crippen LogP contribution in [0.1, 0.15) is 11.1 Å². The molecular formula is C8H7ClF2. The Morgan fingerprint density at radius 1 is 1.09 bits per heavy atom. The molecule has 0 aliphatic carbocycles. The fourth-order valence-corrected chi connectivity index (χ4v) is 1.00. The summed E-state index contributed by atoms with van der Waals surface area (Å²) in [4.78, 5) is 0. The standard InChI is InChI=1S/C8H7ClF2/c1-4-5(2)8(9)7(11)3-6(4)10/h3H,1-2H3. The average molecular weight is 177 g/mol. The Bertz CT molecular complexity index is 268. The minimum absolute atomic E-state index is 0.00361. The zero-order chi connectivity index (χ0) is 8.59. The van der Waals surface area contributed by atoms with E-state index in [1.807, 2.05) is 0 Å². The van der Waals surface area contributed by atoms with Crippen LogP contribution in [0.25, 0.3) is 0 Å². The monoisotopic (exact) mass is 176 g/mol. The molecule has 0 unspecified atom stereocenters. The summed E-state index contributed by atoms with van der Waals surface area (Å²) in [5.41, 5.74) is 0.862. The van der Waals surface area contributed by atoms with Crippen molar-refractivity contribution in [2.24, 2.45) is 0 Å². The molecule has 0 saturated carbocycles. The number of halogens is 3. The van der Waals surface area contributed by atoms with Crippen LogP contribution in [0.4, 0.5) is 8.78 Å². The van der Waals surface area contributed by atoms with Gasteiger partial charge in [0.1, 0.15) is 11.6 Å². The van der Waals surface area contributed by atoms with Crippen LogP contribution in [0.5, 0.6) is 0 Å². The summed E-state index contributed by atoms with van der Waals surface area (Å²) in [6.07, 6.45) is 0. The Morgan fingerprint density at radius 3 is 2.18 bits per heavy atom. The summed E-state index contributed by atoms with van der Waals surface area (Å²) < 4.78 is 25.4. The SMILES string of the molecule is Cc1c(F)cc(F)c(Cl)c1C. The maximum Gasteiger partial charge on any atom is 0.144 e. The maximum atomic E-state index is 12.7. The van der Waals surface area contributed by atoms with Crippen molar-refractivity contribution in [3.63, 3.8) is 0 Å². The zero-order valence-electron chi connectivity index (χ0n) is 6.21. The van der Waals surface area contributed by atoms with Crippen molar-refractivity contribution in [3.05, 3.63) is 33.9 Å². The highest BCUT2D eigenvalue weighted by atomic mass is 35.5. The molecule has 0 fully saturated rings. The Hall–Kier alpha value is -0.630. The van der Waals surface area contributed by atoms with Crippen molar-refractivity contribution < 1.29 is 8.78 Å². The molecule has 0 nitrogen and oxygen atoms in total. The Labute approximate surface area is 68.8 Å². The lowest BCUT2D eigenvalue weighted by molar-refractivity contribution is 0.575. The van der Waals surface area contributed by atoms with Crippen LogP contribution in [-0.4, -0.2) is 0 Å². The topological polar surface area (TPSA) is 0 Å². The molecule has 11 heavy (non-hydrogen) atoms. The molecule has 0 aromatic heterocycles. The third-order valence-corrected chi connectivity index (χ3v) is 2.18. The number of rotatable bonds is 0. The molecule has 0 saturated heterocycles. The molecule has 0 spiro atoms. The first kappa shape index (κ1) is 8.47. The van der Waals surface area contributed by atoms with Crippen LogP contribution in [0.3, 0.4) is 0 Å². The van der Waals surface area contributed by atoms with Gasteiger partial charge in [-0.15, -0.1) is 0 Å². The average Bonchev–Trinajstić information content (AvgIpc) is 1.97. The number of benzene rings is 1. The quantitative estimate of drug-likeness (QED) is 0.533. The highest BCUT2D eigenvalue weighted by molar-refractivity contribution is 6.31. The van der Waals surface area contributed by atoms with E-state index in [2.05, 4.69) is 0 Å². The van der Waals surface area contributed by atoms with Gasteiger partial charge >= 0.3 is 0 Å². The molecule has 0 aliphatic rings. The Balaban J connectivity index is 3.46. The lowest BCUT2D eigenvalue weighted by Crippen LogP contribution is -1.91. The maximum absolute atomic E-state index is 12.7. The van der Waals surface area contributed by atoms with E-state index in [1.165, 1.54) is 0 Å². The summed E-state index contributed by atoms with van der Waals surface area (Å²) in [5, 5.41) is 0.00361. The van der Waals surface area contributed by atoms with Crippen molar-refractivity contribution in [1.29, 1.82) is 0 Å². The second kappa shape index (κ2) is 2.78. The fraction of sp³-hybridized carbons (Fsp3) is 0.250. The lowest BCUT2D eigenvalue weighted by atomic mass is 10.1. The van der Waals surface area contributed by atoms with Crippen LogP contribution < -0.4 is 0 Å². The second-order valence-corrected chi connectivity index (χ2v) is 2.78. The van der Waals surface area contributed by atoms with E-state index < -0.39 is 11.6 Å². The van der Waals surface area contributed by atoms with E-state index in [-0.39, 0.29) is 5.02 Å². The zero-order valence-corrected chi connectivity index (χ0v) is 6.97. The minimum Gasteiger partial charge on any atom is -0.207 e. The first-order valence-corrected chi connectivity index (χ1v) is 3.52. The van der Waals surface area contributed by atoms with Gasteiger partial charge in [0.25, 0.3) is 0 Å². The normalized spacial score (nSPS) is 10.3. The molecule has 3 heteroatoms. The molecule has 1 aromatic carbocycles. The lowest BCUT2D eigenvalue weighted by Gasteiger charge is -2.04. The molecule has 0 N–H and O–H groups in total. The summed E-state index contributed by atoms with van der Waals surface area (Å²) in [6, 6.07) is 0.796. The van der Waals surface area contributed by atoms with Crippen molar-refractivity contribution >= 4 is 11.6 Å². The van der Waals surface area contributed by atoms with E-state index in [4.69, 9.17) is 11.6 Å². The highest BCUT2D eigenvalue weighted by Crippen LogP contribution is 2.24. The van der Waals surface area contributed by atoms with Crippen molar-refractivity contribution in [2.45, 2.75) is 13.8 Å². The van der Waals surface area contributed by atoms with Crippen LogP contribution in [0.2, 0.25) is 5.02 Å². The van der Waals surface area contributed by atoms with Gasteiger partial charge in [-0.25, -0.2) is 8.78 Å². The van der Waals surface area contributed by atoms with Crippen molar-refractivity contribution in [3.8, 4) is 0 Å². The summed E-state index contributed by atoms with van der Waals surface area (Å²) in [5.74, 6) is -1.25. The van der Waals surface area contributed by atoms with Gasteiger partial charge in [-0.05, 0) is 25.0 Å². The van der Waals surface area contributed by atoms with Crippen LogP contribution >= 0.6 is 11.6 Å². The molecular weight excluding hydrogens is 170 g/mol. The minimum atomic E-state index is -0.702. The van der Waals surface area contributed by atoms with Crippen LogP contribution in [-0.2, 0) is 0 Å². The third kappa shape index (κ3) is 1.36. The molecule has 0 heterocycles. The predicted molar refractivity (Wildman–Crippen MR) is 40.8 cm³/mol. The van der Waals surface area contributed by atoms with Gasteiger partial charge in [-0.3, -0.25) is 0 Å². The smallest absolute Gasteiger partial charge is 0.144 e. The van der Waals surface area contributed by atoms with Gasteiger partial charge < -0.3 is 0 Å². The number of hydrogen-bond donors (Lipinski definition) is 0. The fourth-order valence-electron chi connectivity index (χ4n) is 0.806. The first-order valence-electron chi connectivity index (χ1n) is 3.14. The molecule has 1 aromatic rings. The van der Waals surface area contributed by atoms with Crippen LogP contribution in [0.15, 0.2) is 6.07 Å². The largest absolute Gasteiger partial charge is 0.207 e. The summed E-state index contributed by atoms with van der Waals surface area (Å²) in [7, 11) is 0. The molecule has 0 radical (unpaired) electrons. The molecule has 0 aliphatic heterocycles.